The number of esters is 1. The first-order valence-electron chi connectivity index (χ1n) is 8.39. The number of ketones is 1. The number of nitrogens with one attached hydrogen (secondary N) is 2. The number of Topliss-reactive ketones (excluding diaryl/α,β-unsaturated/α-hetero) is 1. The van der Waals surface area contributed by atoms with Gasteiger partial charge >= 0.3 is 12.0 Å². The predicted octanol–water partition coefficient (Wildman–Crippen LogP) is 2.82. The van der Waals surface area contributed by atoms with Crippen LogP contribution in [0, 0.1) is 13.8 Å². The Labute approximate surface area is 149 Å². The van der Waals surface area contributed by atoms with Crippen LogP contribution >= 0.6 is 0 Å². The second kappa shape index (κ2) is 8.18. The number of ether oxygens (including phenoxy) is 1. The second-order valence-corrected chi connectivity index (χ2v) is 7.14. The molecule has 7 nitrogen and oxygen atoms in total. The highest BCUT2D eigenvalue weighted by Crippen LogP contribution is 2.20. The van der Waals surface area contributed by atoms with Crippen LogP contribution in [0.5, 0.6) is 0 Å². The molecule has 0 saturated carbocycles. The second-order valence-electron chi connectivity index (χ2n) is 7.14. The molecule has 0 radical (unpaired) electrons. The zero-order valence-corrected chi connectivity index (χ0v) is 16.2. The fourth-order valence-electron chi connectivity index (χ4n) is 2.65. The summed E-state index contributed by atoms with van der Waals surface area (Å²) in [6.45, 7) is 11.5. The highest BCUT2D eigenvalue weighted by molar-refractivity contribution is 6.04. The van der Waals surface area contributed by atoms with Gasteiger partial charge in [0.25, 0.3) is 0 Å². The Balaban J connectivity index is 3.04. The molecule has 1 heterocycles. The van der Waals surface area contributed by atoms with Crippen molar-refractivity contribution in [2.75, 3.05) is 20.2 Å². The number of H-pyrrole nitrogens is 1. The van der Waals surface area contributed by atoms with E-state index in [9.17, 15) is 14.4 Å². The van der Waals surface area contributed by atoms with Crippen molar-refractivity contribution in [2.45, 2.75) is 53.5 Å². The molecule has 0 aromatic carbocycles. The van der Waals surface area contributed by atoms with Gasteiger partial charge in [0, 0.05) is 23.3 Å². The first kappa shape index (κ1) is 20.7. The first-order chi connectivity index (χ1) is 11.5. The molecule has 0 aliphatic heterocycles. The van der Waals surface area contributed by atoms with Crippen LogP contribution in [-0.4, -0.2) is 53.4 Å². The predicted molar refractivity (Wildman–Crippen MR) is 96.1 cm³/mol. The van der Waals surface area contributed by atoms with Crippen molar-refractivity contribution >= 4 is 17.8 Å². The van der Waals surface area contributed by atoms with Gasteiger partial charge < -0.3 is 19.9 Å². The Morgan fingerprint density at radius 3 is 2.28 bits per heavy atom. The van der Waals surface area contributed by atoms with E-state index in [0.29, 0.717) is 23.4 Å². The van der Waals surface area contributed by atoms with Gasteiger partial charge in [-0.15, -0.1) is 0 Å². The van der Waals surface area contributed by atoms with E-state index in [-0.39, 0.29) is 29.6 Å². The number of hydrogen-bond acceptors (Lipinski definition) is 4. The minimum Gasteiger partial charge on any atom is -0.464 e. The number of rotatable bonds is 6. The van der Waals surface area contributed by atoms with Gasteiger partial charge in [0.1, 0.15) is 5.69 Å². The molecule has 0 spiro atoms. The number of hydrogen-bond donors (Lipinski definition) is 2. The number of urea groups is 1. The van der Waals surface area contributed by atoms with Crippen molar-refractivity contribution in [3.63, 3.8) is 0 Å². The lowest BCUT2D eigenvalue weighted by Gasteiger charge is -2.28. The van der Waals surface area contributed by atoms with E-state index in [1.165, 1.54) is 12.0 Å². The smallest absolute Gasteiger partial charge is 0.354 e. The fourth-order valence-corrected chi connectivity index (χ4v) is 2.65. The van der Waals surface area contributed by atoms with Crippen molar-refractivity contribution in [2.24, 2.45) is 0 Å². The molecule has 0 unspecified atom stereocenters. The van der Waals surface area contributed by atoms with E-state index in [0.717, 1.165) is 6.42 Å². The van der Waals surface area contributed by atoms with Crippen LogP contribution in [0.1, 0.15) is 66.2 Å². The van der Waals surface area contributed by atoms with E-state index >= 15 is 0 Å². The largest absolute Gasteiger partial charge is 0.464 e. The summed E-state index contributed by atoms with van der Waals surface area (Å²) in [4.78, 5) is 41.4. The first-order valence-corrected chi connectivity index (χ1v) is 8.39. The third kappa shape index (κ3) is 5.34. The molecular formula is C18H29N3O4. The van der Waals surface area contributed by atoms with Gasteiger partial charge in [0.05, 0.1) is 13.7 Å². The zero-order valence-electron chi connectivity index (χ0n) is 16.2. The Hall–Kier alpha value is -2.31. The molecule has 140 valence electrons. The number of aromatic nitrogens is 1. The third-order valence-corrected chi connectivity index (χ3v) is 3.70. The van der Waals surface area contributed by atoms with Crippen molar-refractivity contribution in [3.8, 4) is 0 Å². The number of aromatic amines is 1. The molecular weight excluding hydrogens is 322 g/mol. The lowest BCUT2D eigenvalue weighted by atomic mass is 10.0. The van der Waals surface area contributed by atoms with Crippen LogP contribution in [0.2, 0.25) is 0 Å². The number of carbonyl (C=O) groups excluding carboxylic acids is 3. The van der Waals surface area contributed by atoms with Crippen LogP contribution in [0.3, 0.4) is 0 Å². The molecule has 7 heteroatoms. The summed E-state index contributed by atoms with van der Waals surface area (Å²) in [6, 6.07) is -0.276. The van der Waals surface area contributed by atoms with E-state index in [1.807, 2.05) is 27.7 Å². The monoisotopic (exact) mass is 351 g/mol. The van der Waals surface area contributed by atoms with Crippen LogP contribution in [0.4, 0.5) is 4.79 Å². The maximum atomic E-state index is 12.8. The van der Waals surface area contributed by atoms with Crippen LogP contribution in [-0.2, 0) is 4.74 Å². The Morgan fingerprint density at radius 2 is 1.80 bits per heavy atom. The van der Waals surface area contributed by atoms with Crippen LogP contribution in [0.25, 0.3) is 0 Å². The summed E-state index contributed by atoms with van der Waals surface area (Å²) < 4.78 is 4.72. The van der Waals surface area contributed by atoms with Gasteiger partial charge in [-0.3, -0.25) is 4.79 Å². The topological polar surface area (TPSA) is 91.5 Å². The maximum Gasteiger partial charge on any atom is 0.354 e. The lowest BCUT2D eigenvalue weighted by Crippen LogP contribution is -2.50. The molecule has 0 aliphatic carbocycles. The molecule has 0 aliphatic rings. The third-order valence-electron chi connectivity index (χ3n) is 3.70. The molecule has 2 amide bonds. The summed E-state index contributed by atoms with van der Waals surface area (Å²) in [7, 11) is 1.29. The lowest BCUT2D eigenvalue weighted by molar-refractivity contribution is 0.0593. The molecule has 0 saturated heterocycles. The van der Waals surface area contributed by atoms with Crippen LogP contribution in [0.15, 0.2) is 0 Å². The Morgan fingerprint density at radius 1 is 1.20 bits per heavy atom. The SMILES string of the molecule is CCCN(CC(=O)c1c(C)[nH]c(C(=O)OC)c1C)C(=O)NC(C)(C)C. The van der Waals surface area contributed by atoms with Crippen molar-refractivity contribution < 1.29 is 19.1 Å². The molecule has 0 fully saturated rings. The number of methoxy groups -OCH3 is 1. The molecule has 2 N–H and O–H groups in total. The summed E-state index contributed by atoms with van der Waals surface area (Å²) in [5, 5.41) is 2.88. The minimum atomic E-state index is -0.518. The quantitative estimate of drug-likeness (QED) is 0.609. The maximum absolute atomic E-state index is 12.8. The van der Waals surface area contributed by atoms with E-state index in [2.05, 4.69) is 10.3 Å². The van der Waals surface area contributed by atoms with Crippen LogP contribution < -0.4 is 5.32 Å². The van der Waals surface area contributed by atoms with E-state index in [4.69, 9.17) is 4.74 Å². The van der Waals surface area contributed by atoms with Crippen molar-refractivity contribution in [1.29, 1.82) is 0 Å². The average molecular weight is 351 g/mol. The highest BCUT2D eigenvalue weighted by Gasteiger charge is 2.26. The highest BCUT2D eigenvalue weighted by atomic mass is 16.5. The van der Waals surface area contributed by atoms with E-state index in [1.54, 1.807) is 13.8 Å². The zero-order chi connectivity index (χ0) is 19.4. The van der Waals surface area contributed by atoms with Gasteiger partial charge in [-0.25, -0.2) is 9.59 Å². The molecule has 25 heavy (non-hydrogen) atoms. The summed E-state index contributed by atoms with van der Waals surface area (Å²) in [5.74, 6) is -0.727. The summed E-state index contributed by atoms with van der Waals surface area (Å²) in [6.07, 6.45) is 0.739. The standard InChI is InChI=1S/C18H29N3O4/c1-8-9-21(17(24)20-18(4,5)6)10-13(22)14-11(2)15(16(23)25-7)19-12(14)3/h19H,8-10H2,1-7H3,(H,20,24). The Kier molecular flexibility index (Phi) is 6.78. The molecule has 0 bridgehead atoms. The minimum absolute atomic E-state index is 0.0457. The number of aryl methyl sites for hydroxylation is 1. The molecule has 1 rings (SSSR count). The van der Waals surface area contributed by atoms with Gasteiger partial charge in [-0.05, 0) is 46.6 Å². The van der Waals surface area contributed by atoms with Gasteiger partial charge in [-0.2, -0.15) is 0 Å². The molecule has 0 atom stereocenters. The van der Waals surface area contributed by atoms with E-state index < -0.39 is 5.97 Å². The Bertz CT molecular complexity index is 656. The molecule has 1 aromatic heterocycles. The summed E-state index contributed by atoms with van der Waals surface area (Å²) >= 11 is 0. The van der Waals surface area contributed by atoms with Gasteiger partial charge in [-0.1, -0.05) is 6.92 Å². The fraction of sp³-hybridized carbons (Fsp3) is 0.611. The summed E-state index contributed by atoms with van der Waals surface area (Å²) in [5.41, 5.74) is 1.46. The van der Waals surface area contributed by atoms with Gasteiger partial charge in [0.15, 0.2) is 5.78 Å². The number of carbonyl (C=O) groups is 3. The van der Waals surface area contributed by atoms with Gasteiger partial charge in [0.2, 0.25) is 0 Å². The molecule has 1 aromatic rings. The van der Waals surface area contributed by atoms with Crippen molar-refractivity contribution in [3.05, 3.63) is 22.5 Å². The normalized spacial score (nSPS) is 11.2. The number of nitrogens with zero attached hydrogens (tertiary/aromatic N) is 1. The number of amides is 2. The van der Waals surface area contributed by atoms with Crippen molar-refractivity contribution in [1.82, 2.24) is 15.2 Å². The average Bonchev–Trinajstić information content (AvgIpc) is 2.79.